The van der Waals surface area contributed by atoms with Gasteiger partial charge in [0.25, 0.3) is 15.6 Å². The number of hydrogen-bond donors (Lipinski definition) is 5. The van der Waals surface area contributed by atoms with E-state index >= 15 is 0 Å². The van der Waals surface area contributed by atoms with E-state index in [9.17, 15) is 62.3 Å². The number of carbonyl (C=O) groups excluding carboxylic acids is 3. The summed E-state index contributed by atoms with van der Waals surface area (Å²) >= 11 is 0.684. The number of nitrogens with zero attached hydrogens (tertiary/aromatic N) is 4. The van der Waals surface area contributed by atoms with Crippen LogP contribution in [-0.2, 0) is 50.7 Å². The summed E-state index contributed by atoms with van der Waals surface area (Å²) in [7, 11) is -17.6. The van der Waals surface area contributed by atoms with E-state index < -0.39 is 96.3 Å². The average molecular weight is 824 g/mol. The maximum Gasteiger partial charge on any atom is 0.274 e. The van der Waals surface area contributed by atoms with Gasteiger partial charge in [-0.05, 0) is 0 Å². The average Bonchev–Trinajstić information content (AvgIpc) is 3.60. The number of carbonyl (C=O) groups is 3. The van der Waals surface area contributed by atoms with Crippen molar-refractivity contribution in [2.45, 2.75) is 50.9 Å². The molecule has 2 amide bonds. The standard InChI is InChI=1S/C23H37FN7O17P3S/c1-23(2,18(35)21(36)27-4-3-13(32)26-5-6-52-14(33)7-24)9-45-51(42,43)48-50(40,41)44-8-12-17(47-49(37,38)39)16(34)22(46-12)31-11-30-15-19(25)28-10-29-20(15)31/h10-12,16-18,22,34-35H,3-9H2,1-2H3,(H,26,32)(H,27,36)(H,40,41)(H,42,43)(H2,25,28,29)(H2,37,38,39)/p-4. The Labute approximate surface area is 297 Å². The molecular formula is C23H33FN7O17P3S-4. The van der Waals surface area contributed by atoms with Gasteiger partial charge in [0.1, 0.15) is 36.3 Å². The van der Waals surface area contributed by atoms with E-state index in [2.05, 4.69) is 43.5 Å². The highest BCUT2D eigenvalue weighted by Crippen LogP contribution is 2.56. The van der Waals surface area contributed by atoms with E-state index in [4.69, 9.17) is 10.5 Å². The van der Waals surface area contributed by atoms with E-state index in [1.807, 2.05) is 0 Å². The van der Waals surface area contributed by atoms with Gasteiger partial charge in [0, 0.05) is 30.7 Å². The molecule has 3 heterocycles. The molecule has 29 heteroatoms. The number of ether oxygens (including phenoxy) is 1. The Hall–Kier alpha value is -2.51. The van der Waals surface area contributed by atoms with Gasteiger partial charge >= 0.3 is 0 Å². The molecule has 2 aromatic rings. The smallest absolute Gasteiger partial charge is 0.274 e. The SMILES string of the molecule is CC(C)(COP(=O)([O-])OP(=O)([O-])OCC1OC(n2cnc3c(N)ncnc32)C(O)C1OP(=O)([O-])[O-])C(O)C(=O)NCCC(=O)NCCSC(=O)CF. The fourth-order valence-electron chi connectivity index (χ4n) is 4.31. The highest BCUT2D eigenvalue weighted by atomic mass is 32.2. The van der Waals surface area contributed by atoms with Gasteiger partial charge in [-0.3, -0.25) is 28.1 Å². The summed E-state index contributed by atoms with van der Waals surface area (Å²) in [5.74, 6) is -1.56. The molecule has 6 N–H and O–H groups in total. The van der Waals surface area contributed by atoms with Crippen molar-refractivity contribution in [1.29, 1.82) is 0 Å². The first-order valence-corrected chi connectivity index (χ1v) is 20.0. The highest BCUT2D eigenvalue weighted by molar-refractivity contribution is 8.13. The molecule has 0 saturated carbocycles. The Kier molecular flexibility index (Phi) is 15.4. The van der Waals surface area contributed by atoms with Crippen LogP contribution in [0.3, 0.4) is 0 Å². The summed E-state index contributed by atoms with van der Waals surface area (Å²) in [4.78, 5) is 94.3. The number of amides is 2. The minimum Gasteiger partial charge on any atom is -0.790 e. The number of imidazole rings is 1. The second kappa shape index (κ2) is 18.2. The first-order chi connectivity index (χ1) is 24.1. The van der Waals surface area contributed by atoms with E-state index in [1.54, 1.807) is 0 Å². The molecule has 2 aromatic heterocycles. The van der Waals surface area contributed by atoms with Gasteiger partial charge in [0.2, 0.25) is 16.9 Å². The number of thioether (sulfide) groups is 1. The molecule has 0 bridgehead atoms. The Morgan fingerprint density at radius 3 is 2.44 bits per heavy atom. The number of alkyl halides is 1. The molecule has 1 saturated heterocycles. The van der Waals surface area contributed by atoms with E-state index in [0.717, 1.165) is 17.2 Å². The molecule has 0 aliphatic carbocycles. The summed E-state index contributed by atoms with van der Waals surface area (Å²) in [6.07, 6.45) is -7.72. The number of hydrogen-bond acceptors (Lipinski definition) is 22. The van der Waals surface area contributed by atoms with Gasteiger partial charge < -0.3 is 69.0 Å². The van der Waals surface area contributed by atoms with Crippen LogP contribution in [-0.4, -0.2) is 110 Å². The third-order valence-electron chi connectivity index (χ3n) is 6.85. The summed E-state index contributed by atoms with van der Waals surface area (Å²) in [5, 5.41) is 25.1. The quantitative estimate of drug-likeness (QED) is 0.0629. The Morgan fingerprint density at radius 1 is 1.12 bits per heavy atom. The Bertz CT molecular complexity index is 1730. The maximum absolute atomic E-state index is 12.4. The number of rotatable bonds is 20. The fraction of sp³-hybridized carbons (Fsp3) is 0.652. The molecule has 52 heavy (non-hydrogen) atoms. The number of aromatic nitrogens is 4. The monoisotopic (exact) mass is 823 g/mol. The number of anilines is 1. The number of halogens is 1. The van der Waals surface area contributed by atoms with Crippen LogP contribution in [0.25, 0.3) is 11.2 Å². The number of aliphatic hydroxyl groups excluding tert-OH is 2. The molecule has 0 radical (unpaired) electrons. The van der Waals surface area contributed by atoms with Crippen molar-refractivity contribution in [3.05, 3.63) is 12.7 Å². The van der Waals surface area contributed by atoms with Gasteiger partial charge in [-0.15, -0.1) is 0 Å². The predicted octanol–water partition coefficient (Wildman–Crippen LogP) is -3.89. The van der Waals surface area contributed by atoms with Crippen molar-refractivity contribution in [2.75, 3.05) is 44.5 Å². The van der Waals surface area contributed by atoms with E-state index in [1.165, 1.54) is 13.8 Å². The normalized spacial score (nSPS) is 22.4. The first kappa shape index (κ1) is 43.9. The van der Waals surface area contributed by atoms with Crippen molar-refractivity contribution in [2.24, 2.45) is 5.41 Å². The Balaban J connectivity index is 1.54. The molecule has 1 aliphatic heterocycles. The summed E-state index contributed by atoms with van der Waals surface area (Å²) in [5.41, 5.74) is 4.01. The second-order valence-electron chi connectivity index (χ2n) is 11.3. The van der Waals surface area contributed by atoms with Gasteiger partial charge in [0.05, 0.1) is 27.4 Å². The number of phosphoric ester groups is 3. The lowest BCUT2D eigenvalue weighted by molar-refractivity contribution is -0.347. The van der Waals surface area contributed by atoms with E-state index in [0.29, 0.717) is 11.8 Å². The van der Waals surface area contributed by atoms with Crippen molar-refractivity contribution < 1.29 is 84.9 Å². The number of nitrogen functional groups attached to an aromatic ring is 1. The van der Waals surface area contributed by atoms with Crippen molar-refractivity contribution in [3.63, 3.8) is 0 Å². The van der Waals surface area contributed by atoms with Crippen LogP contribution in [0, 0.1) is 5.41 Å². The molecule has 7 unspecified atom stereocenters. The van der Waals surface area contributed by atoms with Crippen molar-refractivity contribution >= 4 is 69.1 Å². The summed E-state index contributed by atoms with van der Waals surface area (Å²) in [6.45, 7) is -1.34. The lowest BCUT2D eigenvalue weighted by atomic mass is 9.87. The van der Waals surface area contributed by atoms with E-state index in [-0.39, 0.29) is 42.2 Å². The number of nitrogens with one attached hydrogen (secondary N) is 2. The molecule has 1 fully saturated rings. The van der Waals surface area contributed by atoms with Gasteiger partial charge in [-0.25, -0.2) is 23.7 Å². The zero-order chi connectivity index (χ0) is 39.1. The molecule has 1 aliphatic rings. The van der Waals surface area contributed by atoms with Crippen LogP contribution in [0.2, 0.25) is 0 Å². The van der Waals surface area contributed by atoms with Crippen LogP contribution < -0.4 is 35.9 Å². The van der Waals surface area contributed by atoms with Crippen molar-refractivity contribution in [1.82, 2.24) is 30.2 Å². The largest absolute Gasteiger partial charge is 0.790 e. The van der Waals surface area contributed by atoms with Crippen molar-refractivity contribution in [3.8, 4) is 0 Å². The molecule has 294 valence electrons. The van der Waals surface area contributed by atoms with Crippen LogP contribution in [0.4, 0.5) is 10.2 Å². The number of nitrogens with two attached hydrogens (primary N) is 1. The Morgan fingerprint density at radius 2 is 1.79 bits per heavy atom. The lowest BCUT2D eigenvalue weighted by Gasteiger charge is -2.36. The maximum atomic E-state index is 12.4. The third kappa shape index (κ3) is 12.8. The summed E-state index contributed by atoms with van der Waals surface area (Å²) in [6, 6.07) is 0. The molecule has 0 aromatic carbocycles. The molecular weight excluding hydrogens is 790 g/mol. The summed E-state index contributed by atoms with van der Waals surface area (Å²) < 4.78 is 72.3. The second-order valence-corrected chi connectivity index (χ2v) is 16.6. The molecule has 3 rings (SSSR count). The minimum atomic E-state index is -5.92. The number of fused-ring (bicyclic) bond motifs is 1. The first-order valence-electron chi connectivity index (χ1n) is 14.6. The lowest BCUT2D eigenvalue weighted by Crippen LogP contribution is -2.46. The number of aliphatic hydroxyl groups is 2. The zero-order valence-corrected chi connectivity index (χ0v) is 30.5. The van der Waals surface area contributed by atoms with Crippen LogP contribution in [0.15, 0.2) is 12.7 Å². The topological polar surface area (TPSA) is 375 Å². The third-order valence-corrected chi connectivity index (χ3v) is 10.7. The minimum absolute atomic E-state index is 0.0294. The van der Waals surface area contributed by atoms with Gasteiger partial charge in [-0.1, -0.05) is 25.6 Å². The van der Waals surface area contributed by atoms with Crippen LogP contribution in [0.1, 0.15) is 26.5 Å². The van der Waals surface area contributed by atoms with Gasteiger partial charge in [0.15, 0.2) is 24.4 Å². The van der Waals surface area contributed by atoms with Crippen LogP contribution >= 0.6 is 35.2 Å². The molecule has 0 spiro atoms. The molecule has 7 atom stereocenters. The predicted molar refractivity (Wildman–Crippen MR) is 164 cm³/mol. The number of phosphoric acid groups is 3. The fourth-order valence-corrected chi connectivity index (χ4v) is 7.56. The van der Waals surface area contributed by atoms with Gasteiger partial charge in [-0.2, -0.15) is 0 Å². The zero-order valence-electron chi connectivity index (χ0n) is 27.0. The van der Waals surface area contributed by atoms with Crippen LogP contribution in [0.5, 0.6) is 0 Å². The highest BCUT2D eigenvalue weighted by Gasteiger charge is 2.47. The molecule has 24 nitrogen and oxygen atoms in total.